The van der Waals surface area contributed by atoms with Crippen LogP contribution in [0.15, 0.2) is 204 Å². The van der Waals surface area contributed by atoms with Gasteiger partial charge in [-0.3, -0.25) is 4.57 Å². The van der Waals surface area contributed by atoms with Crippen LogP contribution in [0.25, 0.3) is 76.8 Å². The van der Waals surface area contributed by atoms with Crippen LogP contribution in [0.3, 0.4) is 0 Å². The molecule has 6 heteroatoms. The minimum atomic E-state index is -0.335. The van der Waals surface area contributed by atoms with Crippen LogP contribution in [0.2, 0.25) is 0 Å². The molecule has 8 aromatic carbocycles. The number of hydrogen-bond donors (Lipinski definition) is 1. The summed E-state index contributed by atoms with van der Waals surface area (Å²) in [7, 11) is 0. The topological polar surface area (TPSA) is 51.5 Å². The van der Waals surface area contributed by atoms with Crippen molar-refractivity contribution in [3.63, 3.8) is 0 Å². The molecule has 0 saturated heterocycles. The summed E-state index contributed by atoms with van der Waals surface area (Å²) in [6.07, 6.45) is -0.335. The van der Waals surface area contributed by atoms with E-state index in [9.17, 15) is 0 Å². The third kappa shape index (κ3) is 4.84. The molecule has 0 aliphatic carbocycles. The third-order valence-corrected chi connectivity index (χ3v) is 11.5. The number of nitrogens with zero attached hydrogens (tertiary/aromatic N) is 5. The van der Waals surface area contributed by atoms with Crippen molar-refractivity contribution >= 4 is 77.2 Å². The molecule has 57 heavy (non-hydrogen) atoms. The lowest BCUT2D eigenvalue weighted by Gasteiger charge is -2.25. The number of nitrogens with one attached hydrogen (secondary N) is 1. The van der Waals surface area contributed by atoms with Gasteiger partial charge in [0.25, 0.3) is 0 Å². The van der Waals surface area contributed by atoms with Crippen LogP contribution in [-0.2, 0) is 0 Å². The van der Waals surface area contributed by atoms with E-state index in [1.165, 1.54) is 43.4 Å². The molecule has 0 fully saturated rings. The van der Waals surface area contributed by atoms with Crippen molar-refractivity contribution < 1.29 is 0 Å². The molecule has 0 bridgehead atoms. The molecule has 0 amide bonds. The smallest absolute Gasteiger partial charge is 0.211 e. The van der Waals surface area contributed by atoms with E-state index < -0.39 is 0 Å². The van der Waals surface area contributed by atoms with Gasteiger partial charge in [0.05, 0.1) is 33.1 Å². The molecule has 1 aliphatic rings. The van der Waals surface area contributed by atoms with E-state index in [-0.39, 0.29) is 6.17 Å². The highest BCUT2D eigenvalue weighted by Crippen LogP contribution is 2.40. The molecule has 1 unspecified atom stereocenters. The minimum Gasteiger partial charge on any atom is -0.330 e. The standard InChI is InChI=1S/C51H34N6/c1-3-16-33(17-4-1)49-52-50(54-51(53-49)57-45-28-13-7-22-37(45)38-23-8-14-29-46(38)57)34-18-15-21-36(30-34)56-44-27-12-10-25-40(44)42-31-41-39-24-9-11-26-43(39)55(47(41)32-48(42)56)35-19-5-2-6-20-35/h1-32,49H,(H,52,53,54). The van der Waals surface area contributed by atoms with Crippen molar-refractivity contribution in [1.82, 2.24) is 19.0 Å². The van der Waals surface area contributed by atoms with Gasteiger partial charge in [0.2, 0.25) is 5.96 Å². The number of aliphatic imine (C=N–C) groups is 2. The average Bonchev–Trinajstić information content (AvgIpc) is 3.91. The van der Waals surface area contributed by atoms with Gasteiger partial charge in [-0.1, -0.05) is 133 Å². The van der Waals surface area contributed by atoms with Crippen molar-refractivity contribution in [2.24, 2.45) is 9.98 Å². The fraction of sp³-hybridized carbons (Fsp3) is 0.0196. The normalized spacial score (nSPS) is 14.5. The molecule has 0 saturated carbocycles. The first kappa shape index (κ1) is 31.6. The highest BCUT2D eigenvalue weighted by Gasteiger charge is 2.25. The SMILES string of the molecule is c1ccc(C2N=C(c3cccc(-n4c5ccccc5c5cc6c7ccccc7n(-c7ccccc7)c6cc54)c3)N=C(n3c4ccccc4c4ccccc43)N2)cc1. The van der Waals surface area contributed by atoms with Crippen LogP contribution in [0, 0.1) is 0 Å². The van der Waals surface area contributed by atoms with E-state index >= 15 is 0 Å². The summed E-state index contributed by atoms with van der Waals surface area (Å²) in [6, 6.07) is 69.1. The predicted octanol–water partition coefficient (Wildman–Crippen LogP) is 11.9. The van der Waals surface area contributed by atoms with Gasteiger partial charge in [0.15, 0.2) is 5.84 Å². The molecular formula is C51H34N6. The van der Waals surface area contributed by atoms with E-state index in [0.717, 1.165) is 50.5 Å². The number of aromatic nitrogens is 3. The van der Waals surface area contributed by atoms with E-state index in [1.54, 1.807) is 0 Å². The lowest BCUT2D eigenvalue weighted by molar-refractivity contribution is 0.661. The van der Waals surface area contributed by atoms with Crippen LogP contribution >= 0.6 is 0 Å². The van der Waals surface area contributed by atoms with Crippen molar-refractivity contribution in [2.75, 3.05) is 0 Å². The summed E-state index contributed by atoms with van der Waals surface area (Å²) in [4.78, 5) is 10.6. The Hall–Kier alpha value is -7.70. The van der Waals surface area contributed by atoms with Crippen molar-refractivity contribution in [1.29, 1.82) is 0 Å². The lowest BCUT2D eigenvalue weighted by Crippen LogP contribution is -2.37. The van der Waals surface area contributed by atoms with Gasteiger partial charge in [-0.25, -0.2) is 4.99 Å². The maximum atomic E-state index is 5.33. The molecular weight excluding hydrogens is 697 g/mol. The predicted molar refractivity (Wildman–Crippen MR) is 236 cm³/mol. The summed E-state index contributed by atoms with van der Waals surface area (Å²) < 4.78 is 7.03. The molecule has 3 aromatic heterocycles. The Morgan fingerprint density at radius 2 is 0.842 bits per heavy atom. The minimum absolute atomic E-state index is 0.335. The second-order valence-corrected chi connectivity index (χ2v) is 14.7. The Balaban J connectivity index is 1.08. The van der Waals surface area contributed by atoms with Crippen LogP contribution in [0.4, 0.5) is 0 Å². The first-order valence-corrected chi connectivity index (χ1v) is 19.4. The third-order valence-electron chi connectivity index (χ3n) is 11.5. The number of para-hydroxylation sites is 5. The first-order chi connectivity index (χ1) is 28.3. The number of rotatable bonds is 4. The molecule has 0 radical (unpaired) electrons. The average molecular weight is 731 g/mol. The summed E-state index contributed by atoms with van der Waals surface area (Å²) in [5, 5.41) is 11.0. The van der Waals surface area contributed by atoms with Crippen molar-refractivity contribution in [3.05, 3.63) is 205 Å². The second kappa shape index (κ2) is 12.4. The van der Waals surface area contributed by atoms with E-state index in [2.05, 4.69) is 207 Å². The van der Waals surface area contributed by atoms with Gasteiger partial charge in [-0.2, -0.15) is 4.99 Å². The Bertz CT molecular complexity index is 3380. The molecule has 1 aliphatic heterocycles. The second-order valence-electron chi connectivity index (χ2n) is 14.7. The highest BCUT2D eigenvalue weighted by atomic mass is 15.3. The van der Waals surface area contributed by atoms with Crippen LogP contribution in [0.1, 0.15) is 17.3 Å². The molecule has 6 nitrogen and oxygen atoms in total. The van der Waals surface area contributed by atoms with Crippen LogP contribution < -0.4 is 5.32 Å². The Kier molecular flexibility index (Phi) is 6.89. The van der Waals surface area contributed by atoms with Crippen molar-refractivity contribution in [2.45, 2.75) is 6.17 Å². The van der Waals surface area contributed by atoms with Gasteiger partial charge < -0.3 is 14.5 Å². The highest BCUT2D eigenvalue weighted by molar-refractivity contribution is 6.20. The Morgan fingerprint density at radius 3 is 1.44 bits per heavy atom. The zero-order valence-corrected chi connectivity index (χ0v) is 30.8. The van der Waals surface area contributed by atoms with Gasteiger partial charge >= 0.3 is 0 Å². The monoisotopic (exact) mass is 730 g/mol. The van der Waals surface area contributed by atoms with Crippen LogP contribution in [0.5, 0.6) is 0 Å². The largest absolute Gasteiger partial charge is 0.330 e. The van der Waals surface area contributed by atoms with Crippen molar-refractivity contribution in [3.8, 4) is 11.4 Å². The van der Waals surface area contributed by atoms with E-state index in [0.29, 0.717) is 5.84 Å². The summed E-state index contributed by atoms with van der Waals surface area (Å²) in [5.41, 5.74) is 11.0. The van der Waals surface area contributed by atoms with Gasteiger partial charge in [0, 0.05) is 49.3 Å². The maximum Gasteiger partial charge on any atom is 0.211 e. The number of fused-ring (bicyclic) bond motifs is 9. The van der Waals surface area contributed by atoms with Gasteiger partial charge in [-0.05, 0) is 66.2 Å². The van der Waals surface area contributed by atoms with E-state index in [4.69, 9.17) is 9.98 Å². The fourth-order valence-electron chi connectivity index (χ4n) is 8.98. The first-order valence-electron chi connectivity index (χ1n) is 19.4. The number of benzene rings is 8. The molecule has 11 aromatic rings. The zero-order chi connectivity index (χ0) is 37.5. The molecule has 1 N–H and O–H groups in total. The summed E-state index contributed by atoms with van der Waals surface area (Å²) >= 11 is 0. The number of hydrogen-bond acceptors (Lipinski definition) is 3. The molecule has 0 spiro atoms. The summed E-state index contributed by atoms with van der Waals surface area (Å²) in [5.74, 6) is 1.42. The summed E-state index contributed by atoms with van der Waals surface area (Å²) in [6.45, 7) is 0. The maximum absolute atomic E-state index is 5.33. The van der Waals surface area contributed by atoms with E-state index in [1.807, 2.05) is 6.07 Å². The zero-order valence-electron chi connectivity index (χ0n) is 30.8. The quantitative estimate of drug-likeness (QED) is 0.193. The fourth-order valence-corrected chi connectivity index (χ4v) is 8.98. The molecule has 4 heterocycles. The lowest BCUT2D eigenvalue weighted by atomic mass is 10.1. The Labute approximate surface area is 327 Å². The molecule has 12 rings (SSSR count). The molecule has 1 atom stereocenters. The molecule has 268 valence electrons. The van der Waals surface area contributed by atoms with Gasteiger partial charge in [-0.15, -0.1) is 0 Å². The van der Waals surface area contributed by atoms with Crippen LogP contribution in [-0.4, -0.2) is 25.5 Å². The van der Waals surface area contributed by atoms with Gasteiger partial charge in [0.1, 0.15) is 6.17 Å². The number of amidine groups is 1. The Morgan fingerprint density at radius 1 is 0.368 bits per heavy atom.